The largest absolute Gasteiger partial charge is 0.490 e. The Morgan fingerprint density at radius 1 is 1.06 bits per heavy atom. The van der Waals surface area contributed by atoms with Gasteiger partial charge in [0.15, 0.2) is 0 Å². The lowest BCUT2D eigenvalue weighted by molar-refractivity contribution is -0.120. The minimum atomic E-state index is -0.745. The van der Waals surface area contributed by atoms with Crippen LogP contribution in [0.2, 0.25) is 5.02 Å². The van der Waals surface area contributed by atoms with Crippen LogP contribution in [0.3, 0.4) is 0 Å². The van der Waals surface area contributed by atoms with Gasteiger partial charge in [-0.25, -0.2) is 14.1 Å². The molecular formula is C23H24ClFN2O4. The highest BCUT2D eigenvalue weighted by Crippen LogP contribution is 2.37. The Morgan fingerprint density at radius 2 is 1.84 bits per heavy atom. The highest BCUT2D eigenvalue weighted by atomic mass is 35.5. The van der Waals surface area contributed by atoms with Gasteiger partial charge in [0.05, 0.1) is 10.7 Å². The number of benzene rings is 2. The number of imide groups is 1. The molecular weight excluding hydrogens is 423 g/mol. The molecule has 164 valence electrons. The number of carbonyl (C=O) groups is 2. The SMILES string of the molecule is Cc1ccc(OCCOc2cc(N3C(=O)C4CCCCN4C3=O)c(F)cc2Cl)cc1C. The summed E-state index contributed by atoms with van der Waals surface area (Å²) in [5.41, 5.74) is 2.16. The molecule has 2 aliphatic heterocycles. The Hall–Kier alpha value is -2.80. The van der Waals surface area contributed by atoms with Crippen molar-refractivity contribution >= 4 is 29.2 Å². The van der Waals surface area contributed by atoms with Crippen LogP contribution >= 0.6 is 11.6 Å². The number of anilines is 1. The molecule has 0 aliphatic carbocycles. The summed E-state index contributed by atoms with van der Waals surface area (Å²) in [5.74, 6) is -0.241. The number of aryl methyl sites for hydroxylation is 2. The predicted octanol–water partition coefficient (Wildman–Crippen LogP) is 4.87. The van der Waals surface area contributed by atoms with E-state index in [-0.39, 0.29) is 29.7 Å². The fourth-order valence-electron chi connectivity index (χ4n) is 3.93. The van der Waals surface area contributed by atoms with Crippen molar-refractivity contribution in [3.05, 3.63) is 52.3 Å². The Kier molecular flexibility index (Phi) is 6.05. The Morgan fingerprint density at radius 3 is 2.58 bits per heavy atom. The van der Waals surface area contributed by atoms with Crippen LogP contribution in [0.15, 0.2) is 30.3 Å². The molecule has 4 rings (SSSR count). The number of amides is 3. The van der Waals surface area contributed by atoms with Crippen molar-refractivity contribution < 1.29 is 23.5 Å². The number of piperidine rings is 1. The maximum absolute atomic E-state index is 14.7. The first-order valence-electron chi connectivity index (χ1n) is 10.3. The van der Waals surface area contributed by atoms with Crippen LogP contribution < -0.4 is 14.4 Å². The first-order valence-corrected chi connectivity index (χ1v) is 10.7. The number of halogens is 2. The third-order valence-electron chi connectivity index (χ3n) is 5.78. The van der Waals surface area contributed by atoms with Crippen LogP contribution in [-0.4, -0.2) is 42.6 Å². The first-order chi connectivity index (χ1) is 14.9. The van der Waals surface area contributed by atoms with Crippen molar-refractivity contribution in [3.63, 3.8) is 0 Å². The molecule has 2 aromatic carbocycles. The van der Waals surface area contributed by atoms with E-state index >= 15 is 0 Å². The molecule has 0 bridgehead atoms. The van der Waals surface area contributed by atoms with Gasteiger partial charge in [0.1, 0.15) is 36.6 Å². The molecule has 0 saturated carbocycles. The number of hydrogen-bond acceptors (Lipinski definition) is 4. The van der Waals surface area contributed by atoms with Gasteiger partial charge < -0.3 is 14.4 Å². The average Bonchev–Trinajstić information content (AvgIpc) is 3.00. The molecule has 1 atom stereocenters. The van der Waals surface area contributed by atoms with Crippen LogP contribution in [-0.2, 0) is 4.79 Å². The maximum atomic E-state index is 14.7. The molecule has 0 radical (unpaired) electrons. The number of hydrogen-bond donors (Lipinski definition) is 0. The van der Waals surface area contributed by atoms with Gasteiger partial charge in [0.25, 0.3) is 5.91 Å². The molecule has 0 N–H and O–H groups in total. The molecule has 2 aliphatic rings. The van der Waals surface area contributed by atoms with Gasteiger partial charge in [-0.15, -0.1) is 0 Å². The van der Waals surface area contributed by atoms with Crippen LogP contribution in [0.1, 0.15) is 30.4 Å². The summed E-state index contributed by atoms with van der Waals surface area (Å²) in [6.07, 6.45) is 2.29. The lowest BCUT2D eigenvalue weighted by Gasteiger charge is -2.26. The fraction of sp³-hybridized carbons (Fsp3) is 0.391. The smallest absolute Gasteiger partial charge is 0.332 e. The number of urea groups is 1. The molecule has 1 unspecified atom stereocenters. The Labute approximate surface area is 185 Å². The third-order valence-corrected chi connectivity index (χ3v) is 6.07. The van der Waals surface area contributed by atoms with Gasteiger partial charge in [-0.1, -0.05) is 17.7 Å². The minimum absolute atomic E-state index is 0.0595. The fourth-order valence-corrected chi connectivity index (χ4v) is 4.13. The predicted molar refractivity (Wildman–Crippen MR) is 116 cm³/mol. The molecule has 2 fully saturated rings. The molecule has 0 aromatic heterocycles. The van der Waals surface area contributed by atoms with E-state index in [9.17, 15) is 14.0 Å². The lowest BCUT2D eigenvalue weighted by atomic mass is 10.0. The zero-order valence-corrected chi connectivity index (χ0v) is 18.2. The van der Waals surface area contributed by atoms with Crippen molar-refractivity contribution in [2.75, 3.05) is 24.7 Å². The molecule has 31 heavy (non-hydrogen) atoms. The van der Waals surface area contributed by atoms with Crippen molar-refractivity contribution in [1.82, 2.24) is 4.90 Å². The standard InChI is InChI=1S/C23H24ClFN2O4/c1-14-6-7-16(11-15(14)2)30-9-10-31-21-13-20(18(25)12-17(21)24)27-22(28)19-5-3-4-8-26(19)23(27)29/h6-7,11-13,19H,3-5,8-10H2,1-2H3. The van der Waals surface area contributed by atoms with E-state index in [0.29, 0.717) is 13.0 Å². The number of rotatable bonds is 6. The number of carbonyl (C=O) groups excluding carboxylic acids is 2. The van der Waals surface area contributed by atoms with Crippen LogP contribution in [0.5, 0.6) is 11.5 Å². The average molecular weight is 447 g/mol. The van der Waals surface area contributed by atoms with Crippen molar-refractivity contribution in [2.45, 2.75) is 39.2 Å². The monoisotopic (exact) mass is 446 g/mol. The summed E-state index contributed by atoms with van der Waals surface area (Å²) in [4.78, 5) is 27.9. The minimum Gasteiger partial charge on any atom is -0.490 e. The molecule has 8 heteroatoms. The second-order valence-electron chi connectivity index (χ2n) is 7.84. The topological polar surface area (TPSA) is 59.1 Å². The summed E-state index contributed by atoms with van der Waals surface area (Å²) in [7, 11) is 0. The van der Waals surface area contributed by atoms with E-state index in [1.54, 1.807) is 0 Å². The van der Waals surface area contributed by atoms with Gasteiger partial charge in [-0.2, -0.15) is 0 Å². The van der Waals surface area contributed by atoms with E-state index in [2.05, 4.69) is 0 Å². The summed E-state index contributed by atoms with van der Waals surface area (Å²) < 4.78 is 26.0. The number of nitrogens with zero attached hydrogens (tertiary/aromatic N) is 2. The summed E-state index contributed by atoms with van der Waals surface area (Å²) in [6.45, 7) is 4.95. The molecule has 3 amide bonds. The van der Waals surface area contributed by atoms with Gasteiger partial charge in [-0.05, 0) is 62.4 Å². The number of ether oxygens (including phenoxy) is 2. The zero-order valence-electron chi connectivity index (χ0n) is 17.5. The van der Waals surface area contributed by atoms with Crippen LogP contribution in [0.25, 0.3) is 0 Å². The summed E-state index contributed by atoms with van der Waals surface area (Å²) >= 11 is 6.13. The van der Waals surface area contributed by atoms with Crippen molar-refractivity contribution in [2.24, 2.45) is 0 Å². The third kappa shape index (κ3) is 4.19. The molecule has 2 aromatic rings. The molecule has 6 nitrogen and oxygen atoms in total. The maximum Gasteiger partial charge on any atom is 0.332 e. The van der Waals surface area contributed by atoms with Gasteiger partial charge in [-0.3, -0.25) is 4.79 Å². The van der Waals surface area contributed by atoms with Gasteiger partial charge in [0.2, 0.25) is 0 Å². The number of fused-ring (bicyclic) bond motifs is 1. The highest BCUT2D eigenvalue weighted by Gasteiger charge is 2.47. The lowest BCUT2D eigenvalue weighted by Crippen LogP contribution is -2.39. The second kappa shape index (κ2) is 8.75. The van der Waals surface area contributed by atoms with Gasteiger partial charge >= 0.3 is 6.03 Å². The van der Waals surface area contributed by atoms with Crippen molar-refractivity contribution in [3.8, 4) is 11.5 Å². The molecule has 2 saturated heterocycles. The summed E-state index contributed by atoms with van der Waals surface area (Å²) in [6, 6.07) is 7.15. The van der Waals surface area contributed by atoms with Crippen LogP contribution in [0, 0.1) is 19.7 Å². The Bertz CT molecular complexity index is 1000. The van der Waals surface area contributed by atoms with Gasteiger partial charge in [0, 0.05) is 12.6 Å². The normalized spacial score (nSPS) is 18.4. The Balaban J connectivity index is 1.46. The van der Waals surface area contributed by atoms with E-state index in [0.717, 1.165) is 35.1 Å². The first kappa shape index (κ1) is 21.4. The van der Waals surface area contributed by atoms with Crippen molar-refractivity contribution in [1.29, 1.82) is 0 Å². The van der Waals surface area contributed by atoms with E-state index in [4.69, 9.17) is 21.1 Å². The zero-order chi connectivity index (χ0) is 22.1. The van der Waals surface area contributed by atoms with Crippen LogP contribution in [0.4, 0.5) is 14.9 Å². The quantitative estimate of drug-likeness (QED) is 0.469. The van der Waals surface area contributed by atoms with E-state index in [1.165, 1.54) is 16.5 Å². The van der Waals surface area contributed by atoms with E-state index in [1.807, 2.05) is 32.0 Å². The molecule has 0 spiro atoms. The second-order valence-corrected chi connectivity index (χ2v) is 8.25. The highest BCUT2D eigenvalue weighted by molar-refractivity contribution is 6.32. The van der Waals surface area contributed by atoms with E-state index < -0.39 is 23.8 Å². The summed E-state index contributed by atoms with van der Waals surface area (Å²) in [5, 5.41) is 0.0595. The molecule has 2 heterocycles.